The zero-order chi connectivity index (χ0) is 24.5. The summed E-state index contributed by atoms with van der Waals surface area (Å²) in [6.45, 7) is 1.86. The average molecular weight is 493 g/mol. The van der Waals surface area contributed by atoms with Crippen molar-refractivity contribution in [1.29, 1.82) is 0 Å². The van der Waals surface area contributed by atoms with E-state index in [1.807, 2.05) is 0 Å². The lowest BCUT2D eigenvalue weighted by molar-refractivity contribution is -0.137. The first-order chi connectivity index (χ1) is 16.1. The summed E-state index contributed by atoms with van der Waals surface area (Å²) in [5.41, 5.74) is 0.655. The third-order valence-electron chi connectivity index (χ3n) is 5.80. The zero-order valence-electron chi connectivity index (χ0n) is 18.7. The van der Waals surface area contributed by atoms with Crippen LogP contribution in [-0.2, 0) is 13.2 Å². The van der Waals surface area contributed by atoms with Gasteiger partial charge in [-0.2, -0.15) is 18.3 Å². The number of piperidine rings is 1. The molecule has 10 heteroatoms. The van der Waals surface area contributed by atoms with Gasteiger partial charge in [0.25, 0.3) is 5.91 Å². The van der Waals surface area contributed by atoms with E-state index in [0.29, 0.717) is 27.7 Å². The molecule has 1 aliphatic heterocycles. The molecular formula is C24H24ClF3N4O2. The van der Waals surface area contributed by atoms with Gasteiger partial charge in [-0.05, 0) is 56.3 Å². The van der Waals surface area contributed by atoms with Crippen LogP contribution in [0.15, 0.2) is 48.7 Å². The number of alkyl halides is 3. The summed E-state index contributed by atoms with van der Waals surface area (Å²) in [4.78, 5) is 14.9. The van der Waals surface area contributed by atoms with Gasteiger partial charge in [0.15, 0.2) is 0 Å². The number of carbonyl (C=O) groups excluding carboxylic acids is 1. The van der Waals surface area contributed by atoms with Gasteiger partial charge in [-0.15, -0.1) is 0 Å². The fourth-order valence-electron chi connectivity index (χ4n) is 3.93. The number of rotatable bonds is 5. The summed E-state index contributed by atoms with van der Waals surface area (Å²) >= 11 is 6.39. The monoisotopic (exact) mass is 492 g/mol. The van der Waals surface area contributed by atoms with E-state index < -0.39 is 17.6 Å². The molecular weight excluding hydrogens is 469 g/mol. The highest BCUT2D eigenvalue weighted by Crippen LogP contribution is 2.38. The molecule has 6 nitrogen and oxygen atoms in total. The van der Waals surface area contributed by atoms with Crippen molar-refractivity contribution in [2.24, 2.45) is 7.05 Å². The molecule has 0 atom stereocenters. The fourth-order valence-corrected chi connectivity index (χ4v) is 4.20. The molecule has 0 radical (unpaired) electrons. The van der Waals surface area contributed by atoms with Gasteiger partial charge in [-0.1, -0.05) is 17.7 Å². The predicted octanol–water partition coefficient (Wildman–Crippen LogP) is 5.48. The van der Waals surface area contributed by atoms with Crippen LogP contribution in [0.1, 0.15) is 28.8 Å². The molecule has 1 amide bonds. The highest BCUT2D eigenvalue weighted by molar-refractivity contribution is 6.33. The molecule has 1 N–H and O–H groups in total. The Morgan fingerprint density at radius 1 is 1.15 bits per heavy atom. The zero-order valence-corrected chi connectivity index (χ0v) is 19.5. The number of aromatic nitrogens is 2. The molecule has 180 valence electrons. The van der Waals surface area contributed by atoms with E-state index in [0.717, 1.165) is 38.1 Å². The molecule has 1 fully saturated rings. The Morgan fingerprint density at radius 3 is 2.53 bits per heavy atom. The highest BCUT2D eigenvalue weighted by atomic mass is 35.5. The Balaban J connectivity index is 1.63. The third kappa shape index (κ3) is 5.37. The Bertz CT molecular complexity index is 1170. The van der Waals surface area contributed by atoms with Crippen LogP contribution in [0, 0.1) is 0 Å². The summed E-state index contributed by atoms with van der Waals surface area (Å²) in [5.74, 6) is -0.0609. The van der Waals surface area contributed by atoms with E-state index in [1.165, 1.54) is 18.3 Å². The number of carbonyl (C=O) groups is 1. The van der Waals surface area contributed by atoms with Crippen molar-refractivity contribution in [3.8, 4) is 17.0 Å². The smallest absolute Gasteiger partial charge is 0.416 e. The average Bonchev–Trinajstić information content (AvgIpc) is 3.13. The number of aryl methyl sites for hydroxylation is 1. The maximum Gasteiger partial charge on any atom is 0.416 e. The summed E-state index contributed by atoms with van der Waals surface area (Å²) in [5, 5.41) is 7.28. The topological polar surface area (TPSA) is 59.4 Å². The molecule has 34 heavy (non-hydrogen) atoms. The first-order valence-electron chi connectivity index (χ1n) is 10.8. The molecule has 1 aromatic heterocycles. The van der Waals surface area contributed by atoms with E-state index in [1.54, 1.807) is 29.9 Å². The molecule has 2 aromatic carbocycles. The summed E-state index contributed by atoms with van der Waals surface area (Å²) in [7, 11) is 3.81. The van der Waals surface area contributed by atoms with Gasteiger partial charge in [0.1, 0.15) is 11.9 Å². The second-order valence-corrected chi connectivity index (χ2v) is 8.74. The number of hydrogen-bond donors (Lipinski definition) is 1. The second kappa shape index (κ2) is 9.68. The van der Waals surface area contributed by atoms with Gasteiger partial charge in [-0.3, -0.25) is 9.48 Å². The Hall–Kier alpha value is -3.04. The van der Waals surface area contributed by atoms with Gasteiger partial charge >= 0.3 is 6.18 Å². The lowest BCUT2D eigenvalue weighted by atomic mass is 10.1. The van der Waals surface area contributed by atoms with E-state index in [4.69, 9.17) is 16.3 Å². The minimum Gasteiger partial charge on any atom is -0.490 e. The molecule has 3 aromatic rings. The van der Waals surface area contributed by atoms with Crippen LogP contribution < -0.4 is 10.1 Å². The number of hydrogen-bond acceptors (Lipinski definition) is 4. The quantitative estimate of drug-likeness (QED) is 0.512. The molecule has 0 aliphatic carbocycles. The van der Waals surface area contributed by atoms with E-state index >= 15 is 0 Å². The maximum absolute atomic E-state index is 13.0. The minimum atomic E-state index is -4.54. The van der Waals surface area contributed by atoms with Crippen LogP contribution in [-0.4, -0.2) is 46.8 Å². The van der Waals surface area contributed by atoms with Crippen molar-refractivity contribution in [1.82, 2.24) is 14.7 Å². The maximum atomic E-state index is 13.0. The highest BCUT2D eigenvalue weighted by Gasteiger charge is 2.31. The number of nitrogens with one attached hydrogen (secondary N) is 1. The summed E-state index contributed by atoms with van der Waals surface area (Å²) < 4.78 is 47.0. The van der Waals surface area contributed by atoms with Crippen molar-refractivity contribution >= 4 is 23.2 Å². The summed E-state index contributed by atoms with van der Waals surface area (Å²) in [6, 6.07) is 9.37. The number of anilines is 1. The van der Waals surface area contributed by atoms with Crippen molar-refractivity contribution in [3.05, 3.63) is 64.8 Å². The van der Waals surface area contributed by atoms with Crippen LogP contribution in [0.25, 0.3) is 11.3 Å². The number of halogens is 4. The Morgan fingerprint density at radius 2 is 1.88 bits per heavy atom. The van der Waals surface area contributed by atoms with Gasteiger partial charge in [0, 0.05) is 37.0 Å². The van der Waals surface area contributed by atoms with Crippen molar-refractivity contribution in [3.63, 3.8) is 0 Å². The van der Waals surface area contributed by atoms with Crippen LogP contribution in [0.2, 0.25) is 5.02 Å². The van der Waals surface area contributed by atoms with Gasteiger partial charge < -0.3 is 15.0 Å². The molecule has 0 saturated carbocycles. The normalized spacial score (nSPS) is 15.4. The molecule has 0 bridgehead atoms. The number of ether oxygens (including phenoxy) is 1. The lowest BCUT2D eigenvalue weighted by Crippen LogP contribution is -2.35. The van der Waals surface area contributed by atoms with Crippen LogP contribution in [0.4, 0.5) is 18.9 Å². The van der Waals surface area contributed by atoms with Crippen molar-refractivity contribution in [2.75, 3.05) is 25.5 Å². The van der Waals surface area contributed by atoms with Gasteiger partial charge in [0.05, 0.1) is 22.5 Å². The molecule has 0 spiro atoms. The first kappa shape index (κ1) is 24.1. The fraction of sp³-hybridized carbons (Fsp3) is 0.333. The number of amides is 1. The van der Waals surface area contributed by atoms with E-state index in [-0.39, 0.29) is 11.7 Å². The van der Waals surface area contributed by atoms with Crippen LogP contribution >= 0.6 is 11.6 Å². The van der Waals surface area contributed by atoms with Gasteiger partial charge in [-0.25, -0.2) is 0 Å². The third-order valence-corrected chi connectivity index (χ3v) is 6.07. The SMILES string of the molecule is CN1CCC(Oc2ccc(NC(=O)c3cccc(C(F)(F)F)c3)cc2-c2c(Cl)cnn2C)CC1. The Labute approximate surface area is 200 Å². The first-order valence-corrected chi connectivity index (χ1v) is 11.2. The molecule has 1 aliphatic rings. The summed E-state index contributed by atoms with van der Waals surface area (Å²) in [6.07, 6.45) is -1.23. The largest absolute Gasteiger partial charge is 0.490 e. The van der Waals surface area contributed by atoms with E-state index in [9.17, 15) is 18.0 Å². The predicted molar refractivity (Wildman–Crippen MR) is 124 cm³/mol. The van der Waals surface area contributed by atoms with Gasteiger partial charge in [0.2, 0.25) is 0 Å². The second-order valence-electron chi connectivity index (χ2n) is 8.33. The minimum absolute atomic E-state index is 0.0347. The van der Waals surface area contributed by atoms with E-state index in [2.05, 4.69) is 22.4 Å². The molecule has 0 unspecified atom stereocenters. The number of likely N-dealkylation sites (tertiary alicyclic amines) is 1. The number of benzene rings is 2. The molecule has 2 heterocycles. The van der Waals surface area contributed by atoms with Crippen LogP contribution in [0.5, 0.6) is 5.75 Å². The Kier molecular flexibility index (Phi) is 6.86. The standard InChI is InChI=1S/C24H24ClF3N4O2/c1-31-10-8-18(9-11-31)34-21-7-6-17(13-19(21)22-20(25)14-29-32(22)2)30-23(33)15-4-3-5-16(12-15)24(26,27)28/h3-7,12-14,18H,8-11H2,1-2H3,(H,30,33). The molecule has 4 rings (SSSR count). The van der Waals surface area contributed by atoms with Crippen molar-refractivity contribution in [2.45, 2.75) is 25.1 Å². The van der Waals surface area contributed by atoms with Crippen molar-refractivity contribution < 1.29 is 22.7 Å². The molecule has 1 saturated heterocycles. The van der Waals surface area contributed by atoms with Crippen LogP contribution in [0.3, 0.4) is 0 Å². The lowest BCUT2D eigenvalue weighted by Gasteiger charge is -2.30. The number of nitrogens with zero attached hydrogens (tertiary/aromatic N) is 3.